The maximum absolute atomic E-state index is 12.5. The first-order chi connectivity index (χ1) is 8.59. The summed E-state index contributed by atoms with van der Waals surface area (Å²) in [4.78, 5) is 14.6. The van der Waals surface area contributed by atoms with Crippen LogP contribution in [0, 0.1) is 0 Å². The predicted octanol–water partition coefficient (Wildman–Crippen LogP) is 3.38. The van der Waals surface area contributed by atoms with Crippen molar-refractivity contribution >= 4 is 5.97 Å². The summed E-state index contributed by atoms with van der Waals surface area (Å²) in [6.45, 7) is 0. The van der Waals surface area contributed by atoms with Gasteiger partial charge in [-0.1, -0.05) is 18.2 Å². The molecule has 0 spiro atoms. The molecule has 2 rings (SSSR count). The Bertz CT molecular complexity index is 585. The standard InChI is InChI=1S/C13H9F2NO2/c14-12(15)11-7-8(5-6-16-11)9-3-1-2-4-10(9)13(17)18/h1-7,12H,(H,17,18). The lowest BCUT2D eigenvalue weighted by atomic mass is 10.00. The van der Waals surface area contributed by atoms with E-state index in [0.29, 0.717) is 11.1 Å². The van der Waals surface area contributed by atoms with E-state index in [1.807, 2.05) is 0 Å². The molecular formula is C13H9F2NO2. The molecule has 0 atom stereocenters. The van der Waals surface area contributed by atoms with Crippen molar-refractivity contribution in [3.05, 3.63) is 53.9 Å². The fourth-order valence-electron chi connectivity index (χ4n) is 1.66. The Labute approximate surface area is 102 Å². The second-order valence-corrected chi connectivity index (χ2v) is 3.62. The third kappa shape index (κ3) is 2.34. The number of pyridine rings is 1. The zero-order valence-corrected chi connectivity index (χ0v) is 9.18. The highest BCUT2D eigenvalue weighted by Crippen LogP contribution is 2.26. The second-order valence-electron chi connectivity index (χ2n) is 3.62. The average molecular weight is 249 g/mol. The van der Waals surface area contributed by atoms with Crippen molar-refractivity contribution in [2.75, 3.05) is 0 Å². The Hall–Kier alpha value is -2.30. The van der Waals surface area contributed by atoms with Crippen molar-refractivity contribution in [2.24, 2.45) is 0 Å². The van der Waals surface area contributed by atoms with Gasteiger partial charge < -0.3 is 5.11 Å². The highest BCUT2D eigenvalue weighted by molar-refractivity contribution is 5.95. The molecule has 2 aromatic rings. The second kappa shape index (κ2) is 4.91. The molecule has 1 aromatic carbocycles. The van der Waals surface area contributed by atoms with E-state index in [1.54, 1.807) is 18.2 Å². The highest BCUT2D eigenvalue weighted by Gasteiger charge is 2.14. The number of benzene rings is 1. The highest BCUT2D eigenvalue weighted by atomic mass is 19.3. The molecule has 5 heteroatoms. The number of alkyl halides is 2. The molecule has 0 unspecified atom stereocenters. The molecule has 0 radical (unpaired) electrons. The topological polar surface area (TPSA) is 50.2 Å². The van der Waals surface area contributed by atoms with E-state index >= 15 is 0 Å². The van der Waals surface area contributed by atoms with Crippen molar-refractivity contribution in [2.45, 2.75) is 6.43 Å². The third-order valence-corrected chi connectivity index (χ3v) is 2.47. The van der Waals surface area contributed by atoms with E-state index in [2.05, 4.69) is 4.98 Å². The smallest absolute Gasteiger partial charge is 0.336 e. The maximum Gasteiger partial charge on any atom is 0.336 e. The van der Waals surface area contributed by atoms with Crippen LogP contribution in [-0.4, -0.2) is 16.1 Å². The molecule has 0 amide bonds. The van der Waals surface area contributed by atoms with Crippen LogP contribution >= 0.6 is 0 Å². The largest absolute Gasteiger partial charge is 0.478 e. The van der Waals surface area contributed by atoms with E-state index in [-0.39, 0.29) is 11.3 Å². The minimum atomic E-state index is -2.68. The van der Waals surface area contributed by atoms with Gasteiger partial charge in [0.25, 0.3) is 6.43 Å². The van der Waals surface area contributed by atoms with E-state index in [0.717, 1.165) is 0 Å². The molecule has 1 N–H and O–H groups in total. The van der Waals surface area contributed by atoms with Crippen LogP contribution in [-0.2, 0) is 0 Å². The normalized spacial score (nSPS) is 10.6. The summed E-state index contributed by atoms with van der Waals surface area (Å²) in [5.41, 5.74) is 0.518. The van der Waals surface area contributed by atoms with Crippen LogP contribution in [0.1, 0.15) is 22.5 Å². The number of halogens is 2. The van der Waals surface area contributed by atoms with Crippen molar-refractivity contribution in [3.8, 4) is 11.1 Å². The monoisotopic (exact) mass is 249 g/mol. The molecule has 0 saturated heterocycles. The van der Waals surface area contributed by atoms with Crippen LogP contribution in [0.4, 0.5) is 8.78 Å². The Morgan fingerprint density at radius 2 is 1.94 bits per heavy atom. The molecule has 0 aliphatic carbocycles. The summed E-state index contributed by atoms with van der Waals surface area (Å²) >= 11 is 0. The summed E-state index contributed by atoms with van der Waals surface area (Å²) < 4.78 is 25.1. The Morgan fingerprint density at radius 3 is 2.61 bits per heavy atom. The van der Waals surface area contributed by atoms with Crippen molar-refractivity contribution in [1.82, 2.24) is 4.98 Å². The first-order valence-electron chi connectivity index (χ1n) is 5.16. The van der Waals surface area contributed by atoms with Gasteiger partial charge in [0.2, 0.25) is 0 Å². The number of carboxylic acid groups (broad SMARTS) is 1. The van der Waals surface area contributed by atoms with Gasteiger partial charge in [-0.2, -0.15) is 0 Å². The van der Waals surface area contributed by atoms with E-state index in [1.165, 1.54) is 24.4 Å². The number of aromatic nitrogens is 1. The van der Waals surface area contributed by atoms with Gasteiger partial charge >= 0.3 is 5.97 Å². The van der Waals surface area contributed by atoms with Crippen LogP contribution in [0.15, 0.2) is 42.6 Å². The Balaban J connectivity index is 2.55. The minimum Gasteiger partial charge on any atom is -0.478 e. The van der Waals surface area contributed by atoms with Crippen LogP contribution in [0.3, 0.4) is 0 Å². The zero-order chi connectivity index (χ0) is 13.1. The van der Waals surface area contributed by atoms with Gasteiger partial charge in [-0.15, -0.1) is 0 Å². The molecule has 0 saturated carbocycles. The average Bonchev–Trinajstić information content (AvgIpc) is 2.39. The van der Waals surface area contributed by atoms with Crippen molar-refractivity contribution < 1.29 is 18.7 Å². The fourth-order valence-corrected chi connectivity index (χ4v) is 1.66. The summed E-state index contributed by atoms with van der Waals surface area (Å²) in [6.07, 6.45) is -1.43. The zero-order valence-electron chi connectivity index (χ0n) is 9.18. The molecule has 3 nitrogen and oxygen atoms in total. The van der Waals surface area contributed by atoms with E-state index in [4.69, 9.17) is 5.11 Å². The minimum absolute atomic E-state index is 0.0731. The van der Waals surface area contributed by atoms with Gasteiger partial charge in [0.1, 0.15) is 5.69 Å². The molecule has 1 aromatic heterocycles. The Morgan fingerprint density at radius 1 is 1.22 bits per heavy atom. The molecule has 0 bridgehead atoms. The van der Waals surface area contributed by atoms with Gasteiger partial charge in [0.05, 0.1) is 5.56 Å². The van der Waals surface area contributed by atoms with Gasteiger partial charge in [-0.25, -0.2) is 13.6 Å². The summed E-state index contributed by atoms with van der Waals surface area (Å²) in [5.74, 6) is -1.10. The lowest BCUT2D eigenvalue weighted by molar-refractivity contribution is 0.0697. The van der Waals surface area contributed by atoms with Gasteiger partial charge in [0.15, 0.2) is 0 Å². The first kappa shape index (κ1) is 12.2. The summed E-state index contributed by atoms with van der Waals surface area (Å²) in [6, 6.07) is 8.96. The number of rotatable bonds is 3. The lowest BCUT2D eigenvalue weighted by Crippen LogP contribution is -1.99. The SMILES string of the molecule is O=C(O)c1ccccc1-c1ccnc(C(F)F)c1. The third-order valence-electron chi connectivity index (χ3n) is 2.47. The predicted molar refractivity (Wildman–Crippen MR) is 61.6 cm³/mol. The molecule has 0 aliphatic rings. The maximum atomic E-state index is 12.5. The molecule has 0 aliphatic heterocycles. The van der Waals surface area contributed by atoms with Crippen molar-refractivity contribution in [1.29, 1.82) is 0 Å². The van der Waals surface area contributed by atoms with Crippen LogP contribution in [0.25, 0.3) is 11.1 Å². The number of aromatic carboxylic acids is 1. The molecule has 92 valence electrons. The number of hydrogen-bond donors (Lipinski definition) is 1. The van der Waals surface area contributed by atoms with Crippen LogP contribution in [0.5, 0.6) is 0 Å². The Kier molecular flexibility index (Phi) is 3.32. The molecular weight excluding hydrogens is 240 g/mol. The van der Waals surface area contributed by atoms with Crippen molar-refractivity contribution in [3.63, 3.8) is 0 Å². The first-order valence-corrected chi connectivity index (χ1v) is 5.16. The molecule has 0 fully saturated rings. The number of hydrogen-bond acceptors (Lipinski definition) is 2. The van der Waals surface area contributed by atoms with Crippen LogP contribution in [0.2, 0.25) is 0 Å². The quantitative estimate of drug-likeness (QED) is 0.907. The molecule has 1 heterocycles. The van der Waals surface area contributed by atoms with Gasteiger partial charge in [-0.05, 0) is 29.3 Å². The fraction of sp³-hybridized carbons (Fsp3) is 0.0769. The van der Waals surface area contributed by atoms with Crippen LogP contribution < -0.4 is 0 Å². The van der Waals surface area contributed by atoms with E-state index in [9.17, 15) is 13.6 Å². The van der Waals surface area contributed by atoms with Gasteiger partial charge in [0, 0.05) is 6.20 Å². The van der Waals surface area contributed by atoms with E-state index < -0.39 is 12.4 Å². The summed E-state index contributed by atoms with van der Waals surface area (Å²) in [7, 11) is 0. The lowest BCUT2D eigenvalue weighted by Gasteiger charge is -2.07. The number of carboxylic acids is 1. The van der Waals surface area contributed by atoms with Gasteiger partial charge in [-0.3, -0.25) is 4.98 Å². The summed E-state index contributed by atoms with van der Waals surface area (Å²) in [5, 5.41) is 9.04. The number of carbonyl (C=O) groups is 1. The number of nitrogens with zero attached hydrogens (tertiary/aromatic N) is 1. The molecule has 18 heavy (non-hydrogen) atoms.